The molecule has 4 aliphatic rings. The molecule has 164 valence electrons. The smallest absolute Gasteiger partial charge is 0.304 e. The zero-order valence-corrected chi connectivity index (χ0v) is 17.7. The number of nitrogens with zero attached hydrogens (tertiary/aromatic N) is 1. The molecule has 1 saturated carbocycles. The average Bonchev–Trinajstić information content (AvgIpc) is 3.42. The highest BCUT2D eigenvalue weighted by atomic mass is 32.2. The predicted octanol–water partition coefficient (Wildman–Crippen LogP) is 2.29. The van der Waals surface area contributed by atoms with E-state index in [-0.39, 0.29) is 11.5 Å². The second kappa shape index (κ2) is 7.76. The largest absolute Gasteiger partial charge is 0.493 e. The number of benzene rings is 1. The van der Waals surface area contributed by atoms with Crippen LogP contribution in [0.3, 0.4) is 0 Å². The summed E-state index contributed by atoms with van der Waals surface area (Å²) in [7, 11) is -3.91. The Morgan fingerprint density at radius 1 is 1.17 bits per heavy atom. The Labute approximate surface area is 176 Å². The molecule has 2 bridgehead atoms. The molecule has 2 atom stereocenters. The fraction of sp³-hybridized carbons (Fsp3) is 0.667. The molecule has 2 N–H and O–H groups in total. The average molecular weight is 438 g/mol. The van der Waals surface area contributed by atoms with Crippen LogP contribution in [-0.4, -0.2) is 50.4 Å². The lowest BCUT2D eigenvalue weighted by atomic mass is 9.93. The van der Waals surface area contributed by atoms with Crippen LogP contribution in [0.2, 0.25) is 0 Å². The van der Waals surface area contributed by atoms with Crippen LogP contribution < -0.4 is 14.8 Å². The summed E-state index contributed by atoms with van der Waals surface area (Å²) >= 11 is 0. The number of halogens is 1. The Morgan fingerprint density at radius 3 is 2.47 bits per heavy atom. The van der Waals surface area contributed by atoms with Crippen LogP contribution in [0.5, 0.6) is 5.75 Å². The molecule has 2 unspecified atom stereocenters. The van der Waals surface area contributed by atoms with E-state index in [9.17, 15) is 17.6 Å². The number of carbonyl (C=O) groups excluding carboxylic acids is 1. The Kier molecular flexibility index (Phi) is 5.23. The minimum absolute atomic E-state index is 0.239. The van der Waals surface area contributed by atoms with E-state index in [1.54, 1.807) is 0 Å². The van der Waals surface area contributed by atoms with Crippen molar-refractivity contribution in [3.05, 3.63) is 29.1 Å². The maximum absolute atomic E-state index is 14.8. The summed E-state index contributed by atoms with van der Waals surface area (Å²) in [6.07, 6.45) is 7.28. The van der Waals surface area contributed by atoms with E-state index in [2.05, 4.69) is 5.32 Å². The Balaban J connectivity index is 1.31. The summed E-state index contributed by atoms with van der Waals surface area (Å²) in [4.78, 5) is 12.5. The number of hydrogen-bond donors (Lipinski definition) is 2. The zero-order chi connectivity index (χ0) is 20.9. The van der Waals surface area contributed by atoms with Gasteiger partial charge in [-0.15, -0.1) is 0 Å². The van der Waals surface area contributed by atoms with Crippen LogP contribution in [-0.2, 0) is 10.2 Å². The molecule has 7 nitrogen and oxygen atoms in total. The molecule has 0 spiro atoms. The van der Waals surface area contributed by atoms with Gasteiger partial charge in [-0.3, -0.25) is 4.79 Å². The highest BCUT2D eigenvalue weighted by Gasteiger charge is 2.35. The first-order valence-corrected chi connectivity index (χ1v) is 12.4. The van der Waals surface area contributed by atoms with E-state index >= 15 is 0 Å². The normalized spacial score (nSPS) is 28.8. The number of ether oxygens (including phenoxy) is 1. The van der Waals surface area contributed by atoms with Crippen LogP contribution in [0.25, 0.3) is 0 Å². The topological polar surface area (TPSA) is 87.7 Å². The third kappa shape index (κ3) is 4.07. The van der Waals surface area contributed by atoms with Gasteiger partial charge in [0.1, 0.15) is 11.6 Å². The van der Waals surface area contributed by atoms with Gasteiger partial charge >= 0.3 is 10.2 Å². The molecule has 9 heteroatoms. The van der Waals surface area contributed by atoms with E-state index in [1.807, 2.05) is 4.72 Å². The number of nitrogens with one attached hydrogen (secondary N) is 2. The summed E-state index contributed by atoms with van der Waals surface area (Å²) in [5.74, 6) is -0.506. The molecular formula is C21H28FN3O4S. The van der Waals surface area contributed by atoms with Gasteiger partial charge in [0, 0.05) is 31.2 Å². The first-order valence-electron chi connectivity index (χ1n) is 10.9. The second-order valence-corrected chi connectivity index (χ2v) is 10.8. The molecule has 1 aromatic rings. The lowest BCUT2D eigenvalue weighted by Crippen LogP contribution is -2.49. The van der Waals surface area contributed by atoms with Crippen molar-refractivity contribution in [3.8, 4) is 5.75 Å². The molecule has 4 fully saturated rings. The van der Waals surface area contributed by atoms with Crippen molar-refractivity contribution >= 4 is 16.1 Å². The standard InChI is InChI=1S/C21H28FN3O4S/c22-19-11-20(29-12-13-8-15-4-5-16(9-13)23-15)17(14-2-3-14)10-18(19)21(26)24-30(27,28)25-6-1-7-25/h10-11,13-16,23H,1-9,12H2,(H,24,26). The van der Waals surface area contributed by atoms with E-state index in [1.165, 1.54) is 29.3 Å². The Morgan fingerprint density at radius 2 is 1.87 bits per heavy atom. The highest BCUT2D eigenvalue weighted by molar-refractivity contribution is 7.87. The van der Waals surface area contributed by atoms with Crippen molar-refractivity contribution < 1.29 is 22.3 Å². The second-order valence-electron chi connectivity index (χ2n) is 9.12. The number of carbonyl (C=O) groups is 1. The Bertz CT molecular complexity index is 934. The fourth-order valence-electron chi connectivity index (χ4n) is 4.87. The maximum atomic E-state index is 14.8. The molecular weight excluding hydrogens is 409 g/mol. The first-order chi connectivity index (χ1) is 14.4. The molecule has 5 rings (SSSR count). The van der Waals surface area contributed by atoms with E-state index in [0.29, 0.717) is 43.4 Å². The van der Waals surface area contributed by atoms with E-state index in [4.69, 9.17) is 4.74 Å². The van der Waals surface area contributed by atoms with Crippen LogP contribution in [0.1, 0.15) is 66.8 Å². The minimum atomic E-state index is -3.91. The molecule has 3 saturated heterocycles. The fourth-order valence-corrected chi connectivity index (χ4v) is 6.08. The van der Waals surface area contributed by atoms with Gasteiger partial charge in [0.2, 0.25) is 0 Å². The number of amides is 1. The van der Waals surface area contributed by atoms with Gasteiger partial charge in [0.15, 0.2) is 0 Å². The molecule has 0 aromatic heterocycles. The lowest BCUT2D eigenvalue weighted by Gasteiger charge is -2.29. The maximum Gasteiger partial charge on any atom is 0.304 e. The van der Waals surface area contributed by atoms with Crippen molar-refractivity contribution in [2.24, 2.45) is 5.92 Å². The van der Waals surface area contributed by atoms with Crippen LogP contribution in [0.15, 0.2) is 12.1 Å². The van der Waals surface area contributed by atoms with Crippen LogP contribution in [0, 0.1) is 11.7 Å². The minimum Gasteiger partial charge on any atom is -0.493 e. The third-order valence-corrected chi connectivity index (χ3v) is 8.27. The summed E-state index contributed by atoms with van der Waals surface area (Å²) in [5, 5.41) is 3.61. The Hall–Kier alpha value is -1.71. The lowest BCUT2D eigenvalue weighted by molar-refractivity contribution is 0.0973. The van der Waals surface area contributed by atoms with Crippen LogP contribution >= 0.6 is 0 Å². The SMILES string of the molecule is O=C(NS(=O)(=O)N1CCC1)c1cc(C2CC2)c(OCC2CC3CCC(C2)N3)cc1F. The summed E-state index contributed by atoms with van der Waals surface area (Å²) in [6.45, 7) is 1.30. The summed E-state index contributed by atoms with van der Waals surface area (Å²) in [6, 6.07) is 3.87. The predicted molar refractivity (Wildman–Crippen MR) is 109 cm³/mol. The summed E-state index contributed by atoms with van der Waals surface area (Å²) < 4.78 is 48.4. The molecule has 1 aromatic carbocycles. The van der Waals surface area contributed by atoms with Gasteiger partial charge in [0.25, 0.3) is 5.91 Å². The van der Waals surface area contributed by atoms with Gasteiger partial charge in [-0.2, -0.15) is 12.7 Å². The quantitative estimate of drug-likeness (QED) is 0.684. The molecule has 3 heterocycles. The van der Waals surface area contributed by atoms with Crippen LogP contribution in [0.4, 0.5) is 4.39 Å². The van der Waals surface area contributed by atoms with Crippen molar-refractivity contribution in [3.63, 3.8) is 0 Å². The molecule has 3 aliphatic heterocycles. The van der Waals surface area contributed by atoms with Gasteiger partial charge in [-0.05, 0) is 68.4 Å². The first kappa shape index (κ1) is 20.2. The molecule has 1 aliphatic carbocycles. The van der Waals surface area contributed by atoms with Crippen molar-refractivity contribution in [1.29, 1.82) is 0 Å². The monoisotopic (exact) mass is 437 g/mol. The highest BCUT2D eigenvalue weighted by Crippen LogP contribution is 2.45. The molecule has 0 radical (unpaired) electrons. The van der Waals surface area contributed by atoms with E-state index in [0.717, 1.165) is 37.7 Å². The van der Waals surface area contributed by atoms with E-state index < -0.39 is 21.9 Å². The number of hydrogen-bond acceptors (Lipinski definition) is 5. The molecule has 30 heavy (non-hydrogen) atoms. The third-order valence-electron chi connectivity index (χ3n) is 6.78. The van der Waals surface area contributed by atoms with Gasteiger partial charge in [0.05, 0.1) is 12.2 Å². The zero-order valence-electron chi connectivity index (χ0n) is 16.9. The number of fused-ring (bicyclic) bond motifs is 2. The van der Waals surface area contributed by atoms with Gasteiger partial charge < -0.3 is 10.1 Å². The van der Waals surface area contributed by atoms with Gasteiger partial charge in [-0.1, -0.05) is 0 Å². The number of rotatable bonds is 7. The number of piperidine rings is 1. The molecule has 1 amide bonds. The summed E-state index contributed by atoms with van der Waals surface area (Å²) in [5.41, 5.74) is 0.563. The van der Waals surface area contributed by atoms with Crippen molar-refractivity contribution in [2.45, 2.75) is 62.9 Å². The van der Waals surface area contributed by atoms with Crippen molar-refractivity contribution in [2.75, 3.05) is 19.7 Å². The van der Waals surface area contributed by atoms with Gasteiger partial charge in [-0.25, -0.2) is 9.11 Å². The van der Waals surface area contributed by atoms with Crippen molar-refractivity contribution in [1.82, 2.24) is 14.3 Å².